The van der Waals surface area contributed by atoms with E-state index in [-0.39, 0.29) is 30.1 Å². The highest BCUT2D eigenvalue weighted by atomic mass is 19.4. The number of likely N-dealkylation sites (N-methyl/N-ethyl adjacent to an activating group) is 1. The molecular formula is C44H57F3N10O7. The van der Waals surface area contributed by atoms with Gasteiger partial charge in [0.1, 0.15) is 17.3 Å². The minimum Gasteiger partial charge on any atom is -0.475 e. The second-order valence-corrected chi connectivity index (χ2v) is 16.3. The fourth-order valence-electron chi connectivity index (χ4n) is 7.18. The van der Waals surface area contributed by atoms with Gasteiger partial charge in [0.25, 0.3) is 5.91 Å². The lowest BCUT2D eigenvalue weighted by Gasteiger charge is -2.36. The number of nitrogens with one attached hydrogen (secondary N) is 3. The Morgan fingerprint density at radius 2 is 1.52 bits per heavy atom. The van der Waals surface area contributed by atoms with Gasteiger partial charge < -0.3 is 31.1 Å². The summed E-state index contributed by atoms with van der Waals surface area (Å²) in [6, 6.07) is 17.5. The van der Waals surface area contributed by atoms with Crippen molar-refractivity contribution in [2.45, 2.75) is 91.5 Å². The van der Waals surface area contributed by atoms with Crippen LogP contribution in [0.5, 0.6) is 0 Å². The minimum atomic E-state index is -5.08. The molecule has 0 spiro atoms. The first-order valence-electron chi connectivity index (χ1n) is 21.0. The van der Waals surface area contributed by atoms with Crippen molar-refractivity contribution in [1.82, 2.24) is 41.1 Å². The van der Waals surface area contributed by atoms with Gasteiger partial charge in [-0.05, 0) is 119 Å². The summed E-state index contributed by atoms with van der Waals surface area (Å²) in [6.45, 7) is 15.2. The molecule has 2 aromatic heterocycles. The van der Waals surface area contributed by atoms with Gasteiger partial charge in [-0.25, -0.2) is 14.6 Å². The summed E-state index contributed by atoms with van der Waals surface area (Å²) >= 11 is 0. The van der Waals surface area contributed by atoms with E-state index in [1.54, 1.807) is 35.2 Å². The van der Waals surface area contributed by atoms with Crippen molar-refractivity contribution >= 4 is 35.5 Å². The quantitative estimate of drug-likeness (QED) is 0.0911. The highest BCUT2D eigenvalue weighted by Crippen LogP contribution is 2.33. The van der Waals surface area contributed by atoms with Gasteiger partial charge in [-0.3, -0.25) is 19.3 Å². The molecule has 0 unspecified atom stereocenters. The number of pyridine rings is 1. The average molecular weight is 895 g/mol. The van der Waals surface area contributed by atoms with E-state index >= 15 is 0 Å². The number of hydrogen-bond donors (Lipinski definition) is 5. The number of anilines is 1. The maximum atomic E-state index is 14.5. The van der Waals surface area contributed by atoms with E-state index in [0.29, 0.717) is 54.4 Å². The molecule has 6 N–H and O–H groups in total. The second kappa shape index (κ2) is 22.8. The fourth-order valence-corrected chi connectivity index (χ4v) is 7.18. The number of aryl methyl sites for hydroxylation is 1. The molecule has 0 saturated heterocycles. The number of alkyl carbamates (subject to hydrolysis) is 1. The summed E-state index contributed by atoms with van der Waals surface area (Å²) in [4.78, 5) is 70.1. The predicted octanol–water partition coefficient (Wildman–Crippen LogP) is 5.70. The lowest BCUT2D eigenvalue weighted by molar-refractivity contribution is -0.192. The summed E-state index contributed by atoms with van der Waals surface area (Å²) in [6.07, 6.45) is -2.69. The van der Waals surface area contributed by atoms with Crippen molar-refractivity contribution in [2.75, 3.05) is 37.6 Å². The van der Waals surface area contributed by atoms with Crippen molar-refractivity contribution in [2.24, 2.45) is 17.6 Å². The molecule has 2 heterocycles. The average Bonchev–Trinajstić information content (AvgIpc) is 3.79. The number of amides is 4. The number of carboxylic acid groups (broad SMARTS) is 1. The highest BCUT2D eigenvalue weighted by Gasteiger charge is 2.38. The van der Waals surface area contributed by atoms with Crippen LogP contribution in [0.15, 0.2) is 60.7 Å². The summed E-state index contributed by atoms with van der Waals surface area (Å²) in [5.41, 5.74) is 10.4. The first kappa shape index (κ1) is 50.2. The zero-order valence-electron chi connectivity index (χ0n) is 36.9. The van der Waals surface area contributed by atoms with Crippen molar-refractivity contribution in [3.8, 4) is 22.5 Å². The summed E-state index contributed by atoms with van der Waals surface area (Å²) in [5.74, 6) is -3.52. The molecule has 1 fully saturated rings. The summed E-state index contributed by atoms with van der Waals surface area (Å²) in [7, 11) is 0. The SMILES string of the molecule is CCN(CC)CCNC(=O)c1ccc(-c2ccc(C[C@@H](C(N)=O)N(c3ccc(-c4nn[nH]n4)cc3)C(=O)[C@H]3CC[C@H](CNC(=O)OC(C)(C)C)CC3)cc2)c(C)n1.O=C(O)C(F)(F)F. The van der Waals surface area contributed by atoms with Crippen molar-refractivity contribution in [3.63, 3.8) is 0 Å². The van der Waals surface area contributed by atoms with Crippen LogP contribution in [0.1, 0.15) is 82.0 Å². The number of rotatable bonds is 16. The van der Waals surface area contributed by atoms with Crippen molar-refractivity contribution in [3.05, 3.63) is 77.6 Å². The van der Waals surface area contributed by atoms with Gasteiger partial charge in [0.05, 0.1) is 0 Å². The largest absolute Gasteiger partial charge is 0.490 e. The highest BCUT2D eigenvalue weighted by molar-refractivity contribution is 6.02. The van der Waals surface area contributed by atoms with Crippen LogP contribution in [-0.2, 0) is 25.5 Å². The molecule has 0 bridgehead atoms. The normalized spacial score (nSPS) is 15.6. The standard InChI is InChI=1S/C42H56N10O5.C2HF3O2/c1-7-51(8-2)24-23-44-39(54)35-22-21-34(27(3)46-35)30-13-9-28(10-14-30)25-36(37(43)53)52(33-19-17-31(18-20-33)38-47-49-50-48-38)40(55)32-15-11-29(12-16-32)26-45-41(56)57-42(4,5)6;3-2(4,5)1(6)7/h9-10,13-14,17-22,29,32,36H,7-8,11-12,15-16,23-26H2,1-6H3,(H2,43,53)(H,44,54)(H,45,56)(H,47,48,49,50);(H,6,7)/t29-,32-,36-;/m0./s1. The predicted molar refractivity (Wildman–Crippen MR) is 232 cm³/mol. The smallest absolute Gasteiger partial charge is 0.475 e. The number of benzene rings is 2. The molecule has 2 aromatic carbocycles. The Balaban J connectivity index is 0.00000118. The van der Waals surface area contributed by atoms with Crippen molar-refractivity contribution in [1.29, 1.82) is 0 Å². The zero-order chi connectivity index (χ0) is 47.2. The number of carbonyl (C=O) groups excluding carboxylic acids is 4. The topological polar surface area (TPSA) is 239 Å². The molecule has 1 aliphatic carbocycles. The van der Waals surface area contributed by atoms with Gasteiger partial charge in [0, 0.05) is 54.5 Å². The molecule has 0 aliphatic heterocycles. The molecule has 1 saturated carbocycles. The number of nitrogens with two attached hydrogens (primary N) is 1. The lowest BCUT2D eigenvalue weighted by atomic mass is 9.81. The van der Waals surface area contributed by atoms with E-state index in [4.69, 9.17) is 20.4 Å². The Morgan fingerprint density at radius 1 is 0.906 bits per heavy atom. The van der Waals surface area contributed by atoms with Crippen LogP contribution in [-0.4, -0.2) is 116 Å². The molecule has 1 aliphatic rings. The number of carboxylic acids is 1. The van der Waals surface area contributed by atoms with Gasteiger partial charge >= 0.3 is 18.2 Å². The first-order chi connectivity index (χ1) is 30.2. The molecule has 0 radical (unpaired) electrons. The number of primary amides is 1. The number of halogens is 3. The van der Waals surface area contributed by atoms with Gasteiger partial charge in [-0.1, -0.05) is 44.2 Å². The number of hydrogen-bond acceptors (Lipinski definition) is 11. The number of aromatic amines is 1. The molecule has 20 heteroatoms. The van der Waals surface area contributed by atoms with Crippen LogP contribution >= 0.6 is 0 Å². The Labute approximate surface area is 369 Å². The van der Waals surface area contributed by atoms with Crippen LogP contribution in [0.25, 0.3) is 22.5 Å². The fraction of sp³-hybridized carbons (Fsp3) is 0.477. The van der Waals surface area contributed by atoms with Crippen molar-refractivity contribution < 1.29 is 47.0 Å². The van der Waals surface area contributed by atoms with Gasteiger partial charge in [-0.2, -0.15) is 18.4 Å². The number of carbonyl (C=O) groups is 5. The van der Waals surface area contributed by atoms with Gasteiger partial charge in [0.15, 0.2) is 0 Å². The molecule has 5 rings (SSSR count). The van der Waals surface area contributed by atoms with Crippen LogP contribution < -0.4 is 21.3 Å². The Kier molecular flexibility index (Phi) is 17.9. The molecule has 346 valence electrons. The molecule has 17 nitrogen and oxygen atoms in total. The van der Waals surface area contributed by atoms with E-state index in [0.717, 1.165) is 49.2 Å². The number of H-pyrrole nitrogens is 1. The molecule has 1 atom stereocenters. The molecule has 64 heavy (non-hydrogen) atoms. The van der Waals surface area contributed by atoms with Gasteiger partial charge in [0.2, 0.25) is 17.6 Å². The number of ether oxygens (including phenoxy) is 1. The Bertz CT molecular complexity index is 2170. The molecular weight excluding hydrogens is 838 g/mol. The number of nitrogens with zero attached hydrogens (tertiary/aromatic N) is 6. The Hall–Kier alpha value is -6.44. The van der Waals surface area contributed by atoms with E-state index < -0.39 is 35.8 Å². The Morgan fingerprint density at radius 3 is 2.03 bits per heavy atom. The lowest BCUT2D eigenvalue weighted by Crippen LogP contribution is -2.52. The van der Waals surface area contributed by atoms with E-state index in [2.05, 4.69) is 55.0 Å². The third-order valence-electron chi connectivity index (χ3n) is 10.6. The monoisotopic (exact) mass is 894 g/mol. The number of tetrazole rings is 1. The first-order valence-corrected chi connectivity index (χ1v) is 21.0. The minimum absolute atomic E-state index is 0.180. The second-order valence-electron chi connectivity index (χ2n) is 16.3. The van der Waals surface area contributed by atoms with Crippen LogP contribution in [0.4, 0.5) is 23.7 Å². The van der Waals surface area contributed by atoms with E-state index in [9.17, 15) is 32.3 Å². The number of alkyl halides is 3. The number of aliphatic carboxylic acids is 1. The maximum Gasteiger partial charge on any atom is 0.490 e. The molecule has 4 aromatic rings. The summed E-state index contributed by atoms with van der Waals surface area (Å²) < 4.78 is 37.1. The zero-order valence-corrected chi connectivity index (χ0v) is 36.9. The van der Waals surface area contributed by atoms with E-state index in [1.165, 1.54) is 0 Å². The summed E-state index contributed by atoms with van der Waals surface area (Å²) in [5, 5.41) is 27.1. The van der Waals surface area contributed by atoms with Crippen LogP contribution in [0.2, 0.25) is 0 Å². The number of aromatic nitrogens is 5. The molecule has 4 amide bonds. The third kappa shape index (κ3) is 14.8. The van der Waals surface area contributed by atoms with Gasteiger partial charge in [-0.15, -0.1) is 10.2 Å². The maximum absolute atomic E-state index is 14.5. The van der Waals surface area contributed by atoms with Crippen LogP contribution in [0, 0.1) is 18.8 Å². The third-order valence-corrected chi connectivity index (χ3v) is 10.6. The van der Waals surface area contributed by atoms with Crippen LogP contribution in [0.3, 0.4) is 0 Å². The van der Waals surface area contributed by atoms with E-state index in [1.807, 2.05) is 58.0 Å².